The molecule has 0 radical (unpaired) electrons. The fourth-order valence-corrected chi connectivity index (χ4v) is 5.55. The Labute approximate surface area is 224 Å². The summed E-state index contributed by atoms with van der Waals surface area (Å²) >= 11 is 6.02. The summed E-state index contributed by atoms with van der Waals surface area (Å²) in [5, 5.41) is 3.17. The van der Waals surface area contributed by atoms with Crippen LogP contribution < -0.4 is 9.62 Å². The Hall–Kier alpha value is -3.36. The SMILES string of the molecule is CC[C@@H](C(=O)NC)N(Cc1ccc(Cl)cc1)C(=O)CN(c1ccc(C)c(C)c1)S(=O)(=O)c1ccccc1. The van der Waals surface area contributed by atoms with E-state index in [9.17, 15) is 18.0 Å². The second kappa shape index (κ2) is 12.3. The minimum atomic E-state index is -4.08. The fraction of sp³-hybridized carbons (Fsp3) is 0.286. The number of halogens is 1. The van der Waals surface area contributed by atoms with E-state index in [1.807, 2.05) is 26.8 Å². The van der Waals surface area contributed by atoms with Crippen molar-refractivity contribution >= 4 is 39.1 Å². The zero-order valence-corrected chi connectivity index (χ0v) is 23.0. The van der Waals surface area contributed by atoms with Crippen molar-refractivity contribution in [3.8, 4) is 0 Å². The van der Waals surface area contributed by atoms with Crippen molar-refractivity contribution in [2.45, 2.75) is 44.7 Å². The Morgan fingerprint density at radius 2 is 1.59 bits per heavy atom. The maximum Gasteiger partial charge on any atom is 0.264 e. The maximum atomic E-state index is 13.9. The topological polar surface area (TPSA) is 86.8 Å². The molecule has 3 rings (SSSR count). The molecule has 0 fully saturated rings. The zero-order chi connectivity index (χ0) is 27.2. The van der Waals surface area contributed by atoms with Gasteiger partial charge in [-0.2, -0.15) is 0 Å². The number of nitrogens with one attached hydrogen (secondary N) is 1. The molecule has 7 nitrogen and oxygen atoms in total. The molecule has 0 saturated carbocycles. The maximum absolute atomic E-state index is 13.9. The van der Waals surface area contributed by atoms with Crippen LogP contribution in [0.1, 0.15) is 30.0 Å². The quantitative estimate of drug-likeness (QED) is 0.403. The number of benzene rings is 3. The van der Waals surface area contributed by atoms with Gasteiger partial charge in [0.1, 0.15) is 12.6 Å². The molecule has 1 atom stereocenters. The minimum Gasteiger partial charge on any atom is -0.357 e. The lowest BCUT2D eigenvalue weighted by Gasteiger charge is -2.33. The van der Waals surface area contributed by atoms with Gasteiger partial charge in [0.2, 0.25) is 11.8 Å². The summed E-state index contributed by atoms with van der Waals surface area (Å²) in [6.45, 7) is 5.28. The number of carbonyl (C=O) groups excluding carboxylic acids is 2. The number of sulfonamides is 1. The van der Waals surface area contributed by atoms with Crippen LogP contribution in [0.4, 0.5) is 5.69 Å². The Kier molecular flexibility index (Phi) is 9.34. The van der Waals surface area contributed by atoms with Crippen LogP contribution in [-0.4, -0.2) is 44.8 Å². The van der Waals surface area contributed by atoms with Gasteiger partial charge in [-0.05, 0) is 73.4 Å². The van der Waals surface area contributed by atoms with Gasteiger partial charge < -0.3 is 10.2 Å². The van der Waals surface area contributed by atoms with Crippen LogP contribution in [0.2, 0.25) is 5.02 Å². The van der Waals surface area contributed by atoms with Gasteiger partial charge in [-0.25, -0.2) is 8.42 Å². The van der Waals surface area contributed by atoms with Crippen LogP contribution in [0, 0.1) is 13.8 Å². The Morgan fingerprint density at radius 1 is 0.946 bits per heavy atom. The number of carbonyl (C=O) groups is 2. The first-order valence-electron chi connectivity index (χ1n) is 12.0. The first-order valence-corrected chi connectivity index (χ1v) is 13.8. The van der Waals surface area contributed by atoms with Crippen molar-refractivity contribution in [2.24, 2.45) is 0 Å². The van der Waals surface area contributed by atoms with Gasteiger partial charge in [0.15, 0.2) is 0 Å². The minimum absolute atomic E-state index is 0.0728. The molecule has 0 saturated heterocycles. The van der Waals surface area contributed by atoms with Crippen LogP contribution in [-0.2, 0) is 26.2 Å². The molecule has 0 heterocycles. The van der Waals surface area contributed by atoms with E-state index < -0.39 is 28.5 Å². The zero-order valence-electron chi connectivity index (χ0n) is 21.4. The number of rotatable bonds is 10. The van der Waals surface area contributed by atoms with Gasteiger partial charge in [0.25, 0.3) is 10.0 Å². The average Bonchev–Trinajstić information content (AvgIpc) is 2.90. The van der Waals surface area contributed by atoms with E-state index in [1.165, 1.54) is 24.1 Å². The molecular formula is C28H32ClN3O4S. The third-order valence-corrected chi connectivity index (χ3v) is 8.33. The number of nitrogens with zero attached hydrogens (tertiary/aromatic N) is 2. The molecule has 0 spiro atoms. The molecule has 0 unspecified atom stereocenters. The Bertz CT molecular complexity index is 1350. The highest BCUT2D eigenvalue weighted by Crippen LogP contribution is 2.26. The normalized spacial score (nSPS) is 12.0. The summed E-state index contributed by atoms with van der Waals surface area (Å²) in [7, 11) is -2.57. The standard InChI is InChI=1S/C28H32ClN3O4S/c1-5-26(28(34)30-4)31(18-22-12-14-23(29)15-13-22)27(33)19-32(24-16-11-20(2)21(3)17-24)37(35,36)25-9-7-6-8-10-25/h6-17,26H,5,18-19H2,1-4H3,(H,30,34)/t26-/m0/s1. The lowest BCUT2D eigenvalue weighted by molar-refractivity contribution is -0.140. The largest absolute Gasteiger partial charge is 0.357 e. The predicted octanol–water partition coefficient (Wildman–Crippen LogP) is 4.71. The summed E-state index contributed by atoms with van der Waals surface area (Å²) in [6, 6.07) is 19.5. The average molecular weight is 542 g/mol. The van der Waals surface area contributed by atoms with E-state index in [0.29, 0.717) is 17.1 Å². The molecule has 3 aromatic rings. The summed E-state index contributed by atoms with van der Waals surface area (Å²) in [5.41, 5.74) is 3.04. The van der Waals surface area contributed by atoms with Gasteiger partial charge in [0, 0.05) is 18.6 Å². The molecule has 196 valence electrons. The molecule has 0 bridgehead atoms. The highest BCUT2D eigenvalue weighted by atomic mass is 35.5. The van der Waals surface area contributed by atoms with Gasteiger partial charge in [-0.15, -0.1) is 0 Å². The number of amides is 2. The molecule has 9 heteroatoms. The summed E-state index contributed by atoms with van der Waals surface area (Å²) in [5.74, 6) is -0.823. The van der Waals surface area contributed by atoms with Crippen LogP contribution >= 0.6 is 11.6 Å². The van der Waals surface area contributed by atoms with Crippen LogP contribution in [0.15, 0.2) is 77.7 Å². The van der Waals surface area contributed by atoms with E-state index in [1.54, 1.807) is 54.6 Å². The van der Waals surface area contributed by atoms with Crippen molar-refractivity contribution < 1.29 is 18.0 Å². The van der Waals surface area contributed by atoms with Crippen molar-refractivity contribution in [1.29, 1.82) is 0 Å². The summed E-state index contributed by atoms with van der Waals surface area (Å²) in [4.78, 5) is 28.1. The number of likely N-dealkylation sites (N-methyl/N-ethyl adjacent to an activating group) is 1. The van der Waals surface area contributed by atoms with Crippen molar-refractivity contribution in [2.75, 3.05) is 17.9 Å². The smallest absolute Gasteiger partial charge is 0.264 e. The number of hydrogen-bond acceptors (Lipinski definition) is 4. The first-order chi connectivity index (χ1) is 17.6. The molecule has 37 heavy (non-hydrogen) atoms. The highest BCUT2D eigenvalue weighted by Gasteiger charge is 2.33. The van der Waals surface area contributed by atoms with Gasteiger partial charge in [0.05, 0.1) is 10.6 Å². The molecular weight excluding hydrogens is 510 g/mol. The molecule has 2 amide bonds. The first kappa shape index (κ1) is 28.2. The van der Waals surface area contributed by atoms with E-state index in [4.69, 9.17) is 11.6 Å². The summed E-state index contributed by atoms with van der Waals surface area (Å²) in [6.07, 6.45) is 0.355. The van der Waals surface area contributed by atoms with Gasteiger partial charge in [-0.3, -0.25) is 13.9 Å². The highest BCUT2D eigenvalue weighted by molar-refractivity contribution is 7.92. The lowest BCUT2D eigenvalue weighted by Crippen LogP contribution is -2.51. The lowest BCUT2D eigenvalue weighted by atomic mass is 10.1. The van der Waals surface area contributed by atoms with E-state index >= 15 is 0 Å². The van der Waals surface area contributed by atoms with Crippen molar-refractivity contribution in [3.63, 3.8) is 0 Å². The van der Waals surface area contributed by atoms with Crippen LogP contribution in [0.25, 0.3) is 0 Å². The number of anilines is 1. The molecule has 0 aliphatic carbocycles. The van der Waals surface area contributed by atoms with Gasteiger partial charge in [-0.1, -0.05) is 54.9 Å². The monoisotopic (exact) mass is 541 g/mol. The molecule has 1 N–H and O–H groups in total. The van der Waals surface area contributed by atoms with Crippen molar-refractivity contribution in [3.05, 3.63) is 94.5 Å². The molecule has 0 aliphatic rings. The third kappa shape index (κ3) is 6.70. The van der Waals surface area contributed by atoms with E-state index in [-0.39, 0.29) is 17.3 Å². The van der Waals surface area contributed by atoms with Crippen molar-refractivity contribution in [1.82, 2.24) is 10.2 Å². The molecule has 0 aromatic heterocycles. The summed E-state index contributed by atoms with van der Waals surface area (Å²) < 4.78 is 28.7. The fourth-order valence-electron chi connectivity index (χ4n) is 4.00. The van der Waals surface area contributed by atoms with Crippen LogP contribution in [0.3, 0.4) is 0 Å². The Balaban J connectivity index is 2.06. The third-order valence-electron chi connectivity index (χ3n) is 6.29. The second-order valence-electron chi connectivity index (χ2n) is 8.78. The second-order valence-corrected chi connectivity index (χ2v) is 11.1. The van der Waals surface area contributed by atoms with Crippen LogP contribution in [0.5, 0.6) is 0 Å². The van der Waals surface area contributed by atoms with E-state index in [2.05, 4.69) is 5.32 Å². The molecule has 0 aliphatic heterocycles. The van der Waals surface area contributed by atoms with Gasteiger partial charge >= 0.3 is 0 Å². The number of aryl methyl sites for hydroxylation is 2. The van der Waals surface area contributed by atoms with E-state index in [0.717, 1.165) is 21.0 Å². The molecule has 3 aromatic carbocycles. The number of hydrogen-bond donors (Lipinski definition) is 1. The predicted molar refractivity (Wildman–Crippen MR) is 147 cm³/mol. The Morgan fingerprint density at radius 3 is 2.16 bits per heavy atom.